The Labute approximate surface area is 126 Å². The lowest BCUT2D eigenvalue weighted by molar-refractivity contribution is 0.162. The van der Waals surface area contributed by atoms with Crippen LogP contribution in [0.2, 0.25) is 0 Å². The average molecular weight is 311 g/mol. The van der Waals surface area contributed by atoms with Crippen molar-refractivity contribution in [2.75, 3.05) is 32.6 Å². The third-order valence-corrected chi connectivity index (χ3v) is 4.57. The molecule has 0 unspecified atom stereocenters. The summed E-state index contributed by atoms with van der Waals surface area (Å²) in [5.74, 6) is 5.34. The molecule has 0 saturated carbocycles. The fourth-order valence-electron chi connectivity index (χ4n) is 1.71. The van der Waals surface area contributed by atoms with Gasteiger partial charge in [-0.25, -0.2) is 12.7 Å². The molecule has 116 valence electrons. The average Bonchev–Trinajstić information content (AvgIpc) is 2.45. The van der Waals surface area contributed by atoms with Gasteiger partial charge in [-0.15, -0.1) is 0 Å². The molecule has 1 aromatic carbocycles. The minimum atomic E-state index is -3.33. The summed E-state index contributed by atoms with van der Waals surface area (Å²) in [5.41, 5.74) is 1.60. The Kier molecular flexibility index (Phi) is 7.40. The topological polar surface area (TPSA) is 66.8 Å². The van der Waals surface area contributed by atoms with Crippen LogP contribution in [0.4, 0.5) is 0 Å². The van der Waals surface area contributed by atoms with Crippen molar-refractivity contribution in [2.24, 2.45) is 0 Å². The zero-order valence-electron chi connectivity index (χ0n) is 12.4. The number of sulfonamides is 1. The first-order valence-electron chi connectivity index (χ1n) is 6.70. The molecule has 1 rings (SSSR count). The van der Waals surface area contributed by atoms with Gasteiger partial charge in [-0.1, -0.05) is 24.0 Å². The Bertz CT molecular complexity index is 602. The maximum absolute atomic E-state index is 12.1. The van der Waals surface area contributed by atoms with Gasteiger partial charge in [0.05, 0.1) is 12.4 Å². The Hall–Kier alpha value is -1.39. The highest BCUT2D eigenvalue weighted by Gasteiger charge is 2.17. The first-order valence-corrected chi connectivity index (χ1v) is 8.31. The van der Waals surface area contributed by atoms with Gasteiger partial charge in [0, 0.05) is 25.8 Å². The van der Waals surface area contributed by atoms with Gasteiger partial charge in [-0.3, -0.25) is 0 Å². The molecule has 0 bridgehead atoms. The summed E-state index contributed by atoms with van der Waals surface area (Å²) in [5, 5.41) is 8.68. The highest BCUT2D eigenvalue weighted by Crippen LogP contribution is 2.10. The minimum Gasteiger partial charge on any atom is -0.384 e. The molecule has 1 N–H and O–H groups in total. The monoisotopic (exact) mass is 311 g/mol. The zero-order valence-corrected chi connectivity index (χ0v) is 13.2. The first-order chi connectivity index (χ1) is 9.99. The lowest BCUT2D eigenvalue weighted by atomic mass is 10.1. The van der Waals surface area contributed by atoms with Gasteiger partial charge in [-0.05, 0) is 24.6 Å². The van der Waals surface area contributed by atoms with E-state index in [-0.39, 0.29) is 25.5 Å². The van der Waals surface area contributed by atoms with Crippen molar-refractivity contribution >= 4 is 10.0 Å². The molecule has 6 heteroatoms. The molecule has 0 aliphatic heterocycles. The van der Waals surface area contributed by atoms with Gasteiger partial charge in [0.25, 0.3) is 0 Å². The molecular weight excluding hydrogens is 290 g/mol. The summed E-state index contributed by atoms with van der Waals surface area (Å²) in [7, 11) is -1.78. The van der Waals surface area contributed by atoms with Crippen molar-refractivity contribution in [3.05, 3.63) is 35.4 Å². The Balaban J connectivity index is 2.71. The van der Waals surface area contributed by atoms with E-state index >= 15 is 0 Å². The summed E-state index contributed by atoms with van der Waals surface area (Å²) in [6.07, 6.45) is 0. The van der Waals surface area contributed by atoms with Crippen LogP contribution in [0.5, 0.6) is 0 Å². The molecule has 0 saturated heterocycles. The summed E-state index contributed by atoms with van der Waals surface area (Å²) < 4.78 is 30.5. The van der Waals surface area contributed by atoms with Crippen molar-refractivity contribution in [1.29, 1.82) is 0 Å². The molecule has 21 heavy (non-hydrogen) atoms. The highest BCUT2D eigenvalue weighted by molar-refractivity contribution is 7.89. The van der Waals surface area contributed by atoms with Crippen LogP contribution in [0.15, 0.2) is 24.3 Å². The normalized spacial score (nSPS) is 11.2. The Morgan fingerprint density at radius 2 is 2.14 bits per heavy atom. The van der Waals surface area contributed by atoms with Crippen molar-refractivity contribution in [3.63, 3.8) is 0 Å². The van der Waals surface area contributed by atoms with E-state index < -0.39 is 10.0 Å². The predicted molar refractivity (Wildman–Crippen MR) is 82.2 cm³/mol. The second kappa shape index (κ2) is 8.80. The number of hydrogen-bond acceptors (Lipinski definition) is 4. The molecule has 0 heterocycles. The Morgan fingerprint density at radius 3 is 2.81 bits per heavy atom. The maximum Gasteiger partial charge on any atom is 0.216 e. The third-order valence-electron chi connectivity index (χ3n) is 2.81. The lowest BCUT2D eigenvalue weighted by Gasteiger charge is -2.17. The molecule has 0 atom stereocenters. The van der Waals surface area contributed by atoms with E-state index in [0.29, 0.717) is 6.61 Å². The van der Waals surface area contributed by atoms with Gasteiger partial charge in [0.15, 0.2) is 0 Å². The number of aliphatic hydroxyl groups excluding tert-OH is 1. The van der Waals surface area contributed by atoms with Crippen LogP contribution >= 0.6 is 0 Å². The molecular formula is C15H21NO4S. The number of nitrogens with zero attached hydrogens (tertiary/aromatic N) is 1. The largest absolute Gasteiger partial charge is 0.384 e. The standard InChI is InChI=1S/C15H21NO4S/c1-3-20-10-11-21(18,19)16(2)13-15-7-4-6-14(12-15)8-5-9-17/h4,6-7,12,17H,3,9-11,13H2,1-2H3. The van der Waals surface area contributed by atoms with Crippen LogP contribution in [0.3, 0.4) is 0 Å². The van der Waals surface area contributed by atoms with E-state index in [0.717, 1.165) is 11.1 Å². The second-order valence-corrected chi connectivity index (χ2v) is 6.62. The molecule has 0 aliphatic carbocycles. The Morgan fingerprint density at radius 1 is 1.38 bits per heavy atom. The fraction of sp³-hybridized carbons (Fsp3) is 0.467. The van der Waals surface area contributed by atoms with Gasteiger partial charge in [0.1, 0.15) is 6.61 Å². The van der Waals surface area contributed by atoms with E-state index in [9.17, 15) is 8.42 Å². The van der Waals surface area contributed by atoms with Gasteiger partial charge >= 0.3 is 0 Å². The van der Waals surface area contributed by atoms with Crippen molar-refractivity contribution in [3.8, 4) is 11.8 Å². The van der Waals surface area contributed by atoms with Crippen molar-refractivity contribution in [2.45, 2.75) is 13.5 Å². The van der Waals surface area contributed by atoms with Crippen molar-refractivity contribution < 1.29 is 18.3 Å². The van der Waals surface area contributed by atoms with Crippen LogP contribution < -0.4 is 0 Å². The second-order valence-electron chi connectivity index (χ2n) is 4.43. The minimum absolute atomic E-state index is 0.0264. The molecule has 0 aliphatic rings. The van der Waals surface area contributed by atoms with E-state index in [1.54, 1.807) is 7.05 Å². The number of benzene rings is 1. The molecule has 0 amide bonds. The fourth-order valence-corrected chi connectivity index (χ4v) is 2.69. The summed E-state index contributed by atoms with van der Waals surface area (Å²) in [6, 6.07) is 7.29. The molecule has 5 nitrogen and oxygen atoms in total. The van der Waals surface area contributed by atoms with Crippen LogP contribution in [-0.4, -0.2) is 50.5 Å². The van der Waals surface area contributed by atoms with E-state index in [1.807, 2.05) is 31.2 Å². The predicted octanol–water partition coefficient (Wildman–Crippen LogP) is 0.828. The van der Waals surface area contributed by atoms with Crippen LogP contribution in [0, 0.1) is 11.8 Å². The molecule has 1 aromatic rings. The first kappa shape index (κ1) is 17.7. The van der Waals surface area contributed by atoms with E-state index in [2.05, 4.69) is 11.8 Å². The number of ether oxygens (including phenoxy) is 1. The molecule has 0 spiro atoms. The SMILES string of the molecule is CCOCCS(=O)(=O)N(C)Cc1cccc(C#CCO)c1. The number of rotatable bonds is 7. The molecule has 0 radical (unpaired) electrons. The van der Waals surface area contributed by atoms with Crippen molar-refractivity contribution in [1.82, 2.24) is 4.31 Å². The molecule has 0 aromatic heterocycles. The smallest absolute Gasteiger partial charge is 0.216 e. The zero-order chi connectivity index (χ0) is 15.7. The van der Waals surface area contributed by atoms with Gasteiger partial charge < -0.3 is 9.84 Å². The quantitative estimate of drug-likeness (QED) is 0.598. The summed E-state index contributed by atoms with van der Waals surface area (Å²) in [4.78, 5) is 0. The van der Waals surface area contributed by atoms with Crippen LogP contribution in [0.1, 0.15) is 18.1 Å². The van der Waals surface area contributed by atoms with Crippen LogP contribution in [-0.2, 0) is 21.3 Å². The van der Waals surface area contributed by atoms with Gasteiger partial charge in [-0.2, -0.15) is 0 Å². The third kappa shape index (κ3) is 6.27. The van der Waals surface area contributed by atoms with E-state index in [1.165, 1.54) is 4.31 Å². The lowest BCUT2D eigenvalue weighted by Crippen LogP contribution is -2.30. The van der Waals surface area contributed by atoms with E-state index in [4.69, 9.17) is 9.84 Å². The molecule has 0 fully saturated rings. The number of hydrogen-bond donors (Lipinski definition) is 1. The highest BCUT2D eigenvalue weighted by atomic mass is 32.2. The van der Waals surface area contributed by atoms with Crippen LogP contribution in [0.25, 0.3) is 0 Å². The van der Waals surface area contributed by atoms with Gasteiger partial charge in [0.2, 0.25) is 10.0 Å². The summed E-state index contributed by atoms with van der Waals surface area (Å²) >= 11 is 0. The maximum atomic E-state index is 12.1. The number of aliphatic hydroxyl groups is 1. The summed E-state index contributed by atoms with van der Waals surface area (Å²) in [6.45, 7) is 2.62.